The summed E-state index contributed by atoms with van der Waals surface area (Å²) in [5.41, 5.74) is 3.14. The SMILES string of the molecule is O=C(CCCc1nc2cccnc2n1Cc1ccc(F)cc1)Nc1ccccc1Cl. The number of imidazole rings is 1. The number of anilines is 1. The fourth-order valence-electron chi connectivity index (χ4n) is 3.32. The van der Waals surface area contributed by atoms with Crippen molar-refractivity contribution in [1.29, 1.82) is 0 Å². The maximum atomic E-state index is 13.2. The lowest BCUT2D eigenvalue weighted by atomic mass is 10.2. The number of hydrogen-bond acceptors (Lipinski definition) is 3. The van der Waals surface area contributed by atoms with Gasteiger partial charge in [0.2, 0.25) is 5.91 Å². The number of halogens is 2. The first-order valence-corrected chi connectivity index (χ1v) is 10.1. The van der Waals surface area contributed by atoms with E-state index in [-0.39, 0.29) is 11.7 Å². The Morgan fingerprint density at radius 1 is 1.07 bits per heavy atom. The minimum Gasteiger partial charge on any atom is -0.325 e. The number of carbonyl (C=O) groups excluding carboxylic acids is 1. The van der Waals surface area contributed by atoms with Crippen LogP contribution in [0.5, 0.6) is 0 Å². The lowest BCUT2D eigenvalue weighted by Crippen LogP contribution is -2.13. The minimum atomic E-state index is -0.267. The van der Waals surface area contributed by atoms with Crippen LogP contribution in [0.3, 0.4) is 0 Å². The number of nitrogens with zero attached hydrogens (tertiary/aromatic N) is 3. The molecule has 5 nitrogen and oxygen atoms in total. The van der Waals surface area contributed by atoms with Crippen LogP contribution < -0.4 is 5.32 Å². The van der Waals surface area contributed by atoms with Gasteiger partial charge in [-0.25, -0.2) is 14.4 Å². The molecule has 2 aromatic carbocycles. The van der Waals surface area contributed by atoms with Crippen molar-refractivity contribution in [3.8, 4) is 0 Å². The quantitative estimate of drug-likeness (QED) is 0.443. The summed E-state index contributed by atoms with van der Waals surface area (Å²) < 4.78 is 15.3. The molecule has 1 N–H and O–H groups in total. The van der Waals surface area contributed by atoms with Gasteiger partial charge in [-0.3, -0.25) is 4.79 Å². The van der Waals surface area contributed by atoms with Crippen LogP contribution in [0.15, 0.2) is 66.9 Å². The zero-order valence-electron chi connectivity index (χ0n) is 16.2. The van der Waals surface area contributed by atoms with Crippen molar-refractivity contribution in [2.24, 2.45) is 0 Å². The molecule has 0 saturated carbocycles. The van der Waals surface area contributed by atoms with E-state index in [0.29, 0.717) is 36.5 Å². The number of nitrogens with one attached hydrogen (secondary N) is 1. The van der Waals surface area contributed by atoms with Crippen LogP contribution in [-0.4, -0.2) is 20.4 Å². The molecule has 152 valence electrons. The summed E-state index contributed by atoms with van der Waals surface area (Å²) in [7, 11) is 0. The second-order valence-electron chi connectivity index (χ2n) is 6.97. The maximum absolute atomic E-state index is 13.2. The second kappa shape index (κ2) is 9.05. The predicted molar refractivity (Wildman–Crippen MR) is 116 cm³/mol. The first kappa shape index (κ1) is 20.0. The van der Waals surface area contributed by atoms with Crippen LogP contribution in [0.25, 0.3) is 11.2 Å². The average Bonchev–Trinajstić information content (AvgIpc) is 3.09. The number of aryl methyl sites for hydroxylation is 1. The van der Waals surface area contributed by atoms with E-state index >= 15 is 0 Å². The van der Waals surface area contributed by atoms with Gasteiger partial charge >= 0.3 is 0 Å². The molecule has 0 unspecified atom stereocenters. The summed E-state index contributed by atoms with van der Waals surface area (Å²) in [6.07, 6.45) is 3.32. The molecule has 0 saturated heterocycles. The Bertz CT molecular complexity index is 1170. The van der Waals surface area contributed by atoms with Gasteiger partial charge in [-0.05, 0) is 48.4 Å². The Balaban J connectivity index is 1.46. The van der Waals surface area contributed by atoms with Crippen LogP contribution in [0.2, 0.25) is 5.02 Å². The molecule has 30 heavy (non-hydrogen) atoms. The highest BCUT2D eigenvalue weighted by atomic mass is 35.5. The smallest absolute Gasteiger partial charge is 0.224 e. The monoisotopic (exact) mass is 422 g/mol. The van der Waals surface area contributed by atoms with E-state index in [9.17, 15) is 9.18 Å². The molecule has 0 radical (unpaired) electrons. The number of aromatic nitrogens is 3. The summed E-state index contributed by atoms with van der Waals surface area (Å²) in [5.74, 6) is 0.484. The lowest BCUT2D eigenvalue weighted by molar-refractivity contribution is -0.116. The third kappa shape index (κ3) is 4.66. The predicted octanol–water partition coefficient (Wildman–Crippen LogP) is 5.23. The van der Waals surface area contributed by atoms with Gasteiger partial charge in [0.1, 0.15) is 17.2 Å². The fourth-order valence-corrected chi connectivity index (χ4v) is 3.50. The molecule has 4 aromatic rings. The highest BCUT2D eigenvalue weighted by Gasteiger charge is 2.13. The van der Waals surface area contributed by atoms with Crippen LogP contribution in [-0.2, 0) is 17.8 Å². The van der Waals surface area contributed by atoms with Crippen molar-refractivity contribution in [1.82, 2.24) is 14.5 Å². The van der Waals surface area contributed by atoms with E-state index in [1.165, 1.54) is 12.1 Å². The first-order chi connectivity index (χ1) is 14.6. The molecule has 1 amide bonds. The Labute approximate surface area is 178 Å². The Morgan fingerprint density at radius 3 is 2.67 bits per heavy atom. The summed E-state index contributed by atoms with van der Waals surface area (Å²) in [4.78, 5) is 21.4. The third-order valence-corrected chi connectivity index (χ3v) is 5.12. The maximum Gasteiger partial charge on any atom is 0.224 e. The zero-order chi connectivity index (χ0) is 20.9. The molecule has 0 spiro atoms. The second-order valence-corrected chi connectivity index (χ2v) is 7.38. The van der Waals surface area contributed by atoms with Gasteiger partial charge in [0.15, 0.2) is 5.65 Å². The van der Waals surface area contributed by atoms with E-state index in [4.69, 9.17) is 16.6 Å². The number of carbonyl (C=O) groups is 1. The number of benzene rings is 2. The summed E-state index contributed by atoms with van der Waals surface area (Å²) in [6, 6.07) is 17.3. The molecule has 0 fully saturated rings. The summed E-state index contributed by atoms with van der Waals surface area (Å²) in [6.45, 7) is 0.537. The molecule has 7 heteroatoms. The summed E-state index contributed by atoms with van der Waals surface area (Å²) in [5, 5.41) is 3.35. The van der Waals surface area contributed by atoms with E-state index in [0.717, 1.165) is 22.6 Å². The number of fused-ring (bicyclic) bond motifs is 1. The van der Waals surface area contributed by atoms with Crippen molar-refractivity contribution in [2.45, 2.75) is 25.8 Å². The Kier molecular flexibility index (Phi) is 6.05. The van der Waals surface area contributed by atoms with Gasteiger partial charge < -0.3 is 9.88 Å². The Morgan fingerprint density at radius 2 is 1.87 bits per heavy atom. The zero-order valence-corrected chi connectivity index (χ0v) is 16.9. The molecule has 2 heterocycles. The molecular formula is C23H20ClFN4O. The molecule has 2 aromatic heterocycles. The van der Waals surface area contributed by atoms with Crippen molar-refractivity contribution in [3.05, 3.63) is 89.1 Å². The van der Waals surface area contributed by atoms with E-state index in [2.05, 4.69) is 10.3 Å². The van der Waals surface area contributed by atoms with Crippen LogP contribution in [0, 0.1) is 5.82 Å². The number of pyridine rings is 1. The number of rotatable bonds is 7. The molecule has 0 aliphatic rings. The average molecular weight is 423 g/mol. The lowest BCUT2D eigenvalue weighted by Gasteiger charge is -2.10. The van der Waals surface area contributed by atoms with Crippen LogP contribution in [0.1, 0.15) is 24.2 Å². The van der Waals surface area contributed by atoms with Crippen LogP contribution in [0.4, 0.5) is 10.1 Å². The molecule has 4 rings (SSSR count). The largest absolute Gasteiger partial charge is 0.325 e. The number of amides is 1. The fraction of sp³-hybridized carbons (Fsp3) is 0.174. The molecule has 0 aliphatic heterocycles. The van der Waals surface area contributed by atoms with Crippen molar-refractivity contribution >= 4 is 34.4 Å². The Hall–Kier alpha value is -3.25. The van der Waals surface area contributed by atoms with Crippen molar-refractivity contribution in [2.75, 3.05) is 5.32 Å². The standard InChI is InChI=1S/C23H20ClFN4O/c24-18-5-1-2-6-19(18)28-22(30)9-3-8-21-27-20-7-4-14-26-23(20)29(21)15-16-10-12-17(25)13-11-16/h1-2,4-7,10-14H,3,8-9,15H2,(H,28,30). The first-order valence-electron chi connectivity index (χ1n) is 9.69. The highest BCUT2D eigenvalue weighted by molar-refractivity contribution is 6.33. The number of para-hydroxylation sites is 1. The van der Waals surface area contributed by atoms with Gasteiger partial charge in [0.05, 0.1) is 17.3 Å². The topological polar surface area (TPSA) is 59.8 Å². The van der Waals surface area contributed by atoms with Crippen molar-refractivity contribution < 1.29 is 9.18 Å². The minimum absolute atomic E-state index is 0.0950. The molecular weight excluding hydrogens is 403 g/mol. The normalized spacial score (nSPS) is 11.0. The van der Waals surface area contributed by atoms with Gasteiger partial charge in [-0.2, -0.15) is 0 Å². The van der Waals surface area contributed by atoms with Gasteiger partial charge in [0, 0.05) is 19.0 Å². The van der Waals surface area contributed by atoms with E-state index < -0.39 is 0 Å². The number of hydrogen-bond donors (Lipinski definition) is 1. The molecule has 0 bridgehead atoms. The highest BCUT2D eigenvalue weighted by Crippen LogP contribution is 2.21. The molecule has 0 aliphatic carbocycles. The van der Waals surface area contributed by atoms with Crippen LogP contribution >= 0.6 is 11.6 Å². The van der Waals surface area contributed by atoms with E-state index in [1.807, 2.05) is 28.8 Å². The van der Waals surface area contributed by atoms with E-state index in [1.54, 1.807) is 30.5 Å². The van der Waals surface area contributed by atoms with Crippen molar-refractivity contribution in [3.63, 3.8) is 0 Å². The molecule has 0 atom stereocenters. The van der Waals surface area contributed by atoms with Gasteiger partial charge in [-0.15, -0.1) is 0 Å². The third-order valence-electron chi connectivity index (χ3n) is 4.79. The van der Waals surface area contributed by atoms with Gasteiger partial charge in [0.25, 0.3) is 0 Å². The van der Waals surface area contributed by atoms with Gasteiger partial charge in [-0.1, -0.05) is 35.9 Å². The summed E-state index contributed by atoms with van der Waals surface area (Å²) >= 11 is 6.09.